The van der Waals surface area contributed by atoms with Gasteiger partial charge in [-0.25, -0.2) is 0 Å². The van der Waals surface area contributed by atoms with Crippen LogP contribution in [-0.4, -0.2) is 17.3 Å². The number of rotatable bonds is 18. The lowest BCUT2D eigenvalue weighted by Gasteiger charge is -2.33. The fourth-order valence-electron chi connectivity index (χ4n) is 5.77. The van der Waals surface area contributed by atoms with Crippen LogP contribution in [0, 0.1) is 0 Å². The Bertz CT molecular complexity index is 2550. The highest BCUT2D eigenvalue weighted by Crippen LogP contribution is 2.78. The fourth-order valence-corrected chi connectivity index (χ4v) is 14.8. The summed E-state index contributed by atoms with van der Waals surface area (Å²) in [4.78, 5) is 38.7. The molecule has 12 nitrogen and oxygen atoms in total. The van der Waals surface area contributed by atoms with Gasteiger partial charge in [-0.3, -0.25) is 14.4 Å². The first kappa shape index (κ1) is 44.1. The third-order valence-electron chi connectivity index (χ3n) is 8.77. The van der Waals surface area contributed by atoms with Crippen molar-refractivity contribution in [1.29, 1.82) is 0 Å². The largest absolute Gasteiger partial charge is 0.460 e. The van der Waals surface area contributed by atoms with Gasteiger partial charge < -0.3 is 27.1 Å². The van der Waals surface area contributed by atoms with Gasteiger partial charge in [0.15, 0.2) is 17.3 Å². The van der Waals surface area contributed by atoms with Crippen LogP contribution in [0.1, 0.15) is 51.8 Å². The van der Waals surface area contributed by atoms with E-state index in [1.807, 2.05) is 18.2 Å². The maximum Gasteiger partial charge on any atom is 0.460 e. The van der Waals surface area contributed by atoms with E-state index in [-0.39, 0.29) is 34.6 Å². The first-order valence-electron chi connectivity index (χ1n) is 19.4. The molecule has 0 aliphatic carbocycles. The Morgan fingerprint density at radius 2 is 0.524 bits per heavy atom. The molecule has 0 aromatic heterocycles. The second-order valence-electron chi connectivity index (χ2n) is 14.1. The third kappa shape index (κ3) is 10.9. The van der Waals surface area contributed by atoms with Gasteiger partial charge in [0.25, 0.3) is 0 Å². The average molecular weight is 898 g/mol. The molecule has 6 aromatic rings. The topological polar surface area (TPSA) is 144 Å². The molecule has 63 heavy (non-hydrogen) atoms. The number of hydrogen-bond acceptors (Lipinski definition) is 12. The fraction of sp³-hybridized carbons (Fsp3) is 0.0625. The summed E-state index contributed by atoms with van der Waals surface area (Å²) in [6.45, 7) is 16.3. The Labute approximate surface area is 366 Å². The molecule has 0 spiro atoms. The molecule has 1 aliphatic rings. The predicted molar refractivity (Wildman–Crippen MR) is 248 cm³/mol. The normalized spacial score (nSPS) is 18.7. The molecule has 6 aromatic carbocycles. The van der Waals surface area contributed by atoms with Crippen LogP contribution in [0.15, 0.2) is 214 Å². The van der Waals surface area contributed by atoms with Crippen molar-refractivity contribution in [2.45, 2.75) is 20.8 Å². The SMILES string of the molecule is C=C(C)C(=O)c1ccc(OP2(Oc3ccccc3)=NP(Oc3ccccc3)(Oc3ccc(C(=O)C(=C)C)cc3)=NP(Oc3ccccc3)(Oc3ccc(C(=O)C(=C)C)cc3)=N2)cc1. The number of Topliss-reactive ketones (excluding diaryl/α,β-unsaturated/α-hetero) is 3. The number of nitrogens with zero attached hydrogens (tertiary/aromatic N) is 3. The van der Waals surface area contributed by atoms with Gasteiger partial charge in [-0.2, -0.15) is 0 Å². The summed E-state index contributed by atoms with van der Waals surface area (Å²) in [7, 11) is -12.7. The van der Waals surface area contributed by atoms with E-state index in [9.17, 15) is 14.4 Å². The maximum atomic E-state index is 12.9. The average Bonchev–Trinajstić information content (AvgIpc) is 3.27. The number of carbonyl (C=O) groups is 3. The minimum atomic E-state index is -4.24. The van der Waals surface area contributed by atoms with Gasteiger partial charge >= 0.3 is 23.0 Å². The van der Waals surface area contributed by atoms with Gasteiger partial charge in [0.05, 0.1) is 0 Å². The summed E-state index contributed by atoms with van der Waals surface area (Å²) < 4.78 is 56.5. The summed E-state index contributed by atoms with van der Waals surface area (Å²) in [5, 5.41) is 0. The van der Waals surface area contributed by atoms with Gasteiger partial charge in [0.1, 0.15) is 34.5 Å². The Hall–Kier alpha value is -6.96. The highest BCUT2D eigenvalue weighted by atomic mass is 31.3. The van der Waals surface area contributed by atoms with Gasteiger partial charge in [-0.1, -0.05) is 87.9 Å². The monoisotopic (exact) mass is 897 g/mol. The molecule has 0 saturated carbocycles. The quantitative estimate of drug-likeness (QED) is 0.0468. The lowest BCUT2D eigenvalue weighted by Crippen LogP contribution is -2.11. The Morgan fingerprint density at radius 1 is 0.333 bits per heavy atom. The highest BCUT2D eigenvalue weighted by Gasteiger charge is 2.49. The van der Waals surface area contributed by atoms with E-state index >= 15 is 0 Å². The Morgan fingerprint density at radius 3 is 0.714 bits per heavy atom. The van der Waals surface area contributed by atoms with Crippen molar-refractivity contribution >= 4 is 40.3 Å². The minimum absolute atomic E-state index is 0.216. The second kappa shape index (κ2) is 19.0. The van der Waals surface area contributed by atoms with E-state index in [1.165, 1.54) is 0 Å². The molecular weight excluding hydrogens is 855 g/mol. The van der Waals surface area contributed by atoms with Gasteiger partial charge in [-0.05, 0) is 147 Å². The van der Waals surface area contributed by atoms with Crippen molar-refractivity contribution in [3.63, 3.8) is 0 Å². The number of allylic oxidation sites excluding steroid dienone is 3. The Kier molecular flexibility index (Phi) is 13.3. The lowest BCUT2D eigenvalue weighted by molar-refractivity contribution is 0.102. The number of para-hydroxylation sites is 3. The molecule has 0 atom stereocenters. The second-order valence-corrected chi connectivity index (χ2v) is 20.3. The molecule has 1 heterocycles. The van der Waals surface area contributed by atoms with E-state index < -0.39 is 23.0 Å². The first-order valence-corrected chi connectivity index (χ1v) is 24.0. The van der Waals surface area contributed by atoms with Crippen LogP contribution in [-0.2, 0) is 0 Å². The minimum Gasteiger partial charge on any atom is -0.413 e. The van der Waals surface area contributed by atoms with Gasteiger partial charge in [-0.15, -0.1) is 0 Å². The zero-order chi connectivity index (χ0) is 44.6. The molecule has 7 rings (SSSR count). The van der Waals surface area contributed by atoms with Crippen LogP contribution in [0.5, 0.6) is 34.5 Å². The first-order chi connectivity index (χ1) is 30.2. The van der Waals surface area contributed by atoms with E-state index in [1.54, 1.807) is 166 Å². The number of benzene rings is 6. The van der Waals surface area contributed by atoms with Crippen LogP contribution in [0.4, 0.5) is 0 Å². The molecule has 0 bridgehead atoms. The van der Waals surface area contributed by atoms with E-state index in [0.717, 1.165) is 0 Å². The molecule has 15 heteroatoms. The zero-order valence-corrected chi connectivity index (χ0v) is 37.3. The summed E-state index contributed by atoms with van der Waals surface area (Å²) >= 11 is 0. The van der Waals surface area contributed by atoms with Crippen molar-refractivity contribution in [2.75, 3.05) is 0 Å². The molecule has 0 saturated heterocycles. The summed E-state index contributed by atoms with van der Waals surface area (Å²) in [6, 6.07) is 45.5. The molecule has 1 aliphatic heterocycles. The number of ketones is 3. The van der Waals surface area contributed by atoms with Crippen LogP contribution in [0.3, 0.4) is 0 Å². The third-order valence-corrected chi connectivity index (χ3v) is 16.9. The van der Waals surface area contributed by atoms with Crippen LogP contribution >= 0.6 is 23.0 Å². The number of hydrogen-bond donors (Lipinski definition) is 0. The molecule has 0 amide bonds. The zero-order valence-electron chi connectivity index (χ0n) is 34.6. The molecule has 0 radical (unpaired) electrons. The van der Waals surface area contributed by atoms with Crippen molar-refractivity contribution in [3.05, 3.63) is 217 Å². The van der Waals surface area contributed by atoms with E-state index in [4.69, 9.17) is 40.7 Å². The number of carbonyl (C=O) groups excluding carboxylic acids is 3. The summed E-state index contributed by atoms with van der Waals surface area (Å²) in [5.74, 6) is 0.866. The van der Waals surface area contributed by atoms with Crippen molar-refractivity contribution in [3.8, 4) is 34.5 Å². The van der Waals surface area contributed by atoms with Crippen molar-refractivity contribution in [1.82, 2.24) is 0 Å². The van der Waals surface area contributed by atoms with Crippen LogP contribution in [0.2, 0.25) is 0 Å². The predicted octanol–water partition coefficient (Wildman–Crippen LogP) is 14.6. The van der Waals surface area contributed by atoms with Crippen molar-refractivity contribution in [2.24, 2.45) is 13.5 Å². The molecule has 0 fully saturated rings. The molecule has 0 unspecified atom stereocenters. The maximum absolute atomic E-state index is 12.9. The lowest BCUT2D eigenvalue weighted by atomic mass is 10.1. The molecule has 0 N–H and O–H groups in total. The summed E-state index contributed by atoms with van der Waals surface area (Å²) in [6.07, 6.45) is 0. The molecule has 318 valence electrons. The van der Waals surface area contributed by atoms with Crippen LogP contribution in [0.25, 0.3) is 0 Å². The summed E-state index contributed by atoms with van der Waals surface area (Å²) in [5.41, 5.74) is 2.25. The Balaban J connectivity index is 1.53. The van der Waals surface area contributed by atoms with E-state index in [0.29, 0.717) is 50.7 Å². The smallest absolute Gasteiger partial charge is 0.413 e. The van der Waals surface area contributed by atoms with Gasteiger partial charge in [0, 0.05) is 16.7 Å². The standard InChI is InChI=1S/C48H42N3O9P3/c1-34(2)46(52)37-22-28-43(29-23-37)58-61(55-40-16-10-7-11-17-40)49-62(56-41-18-12-8-13-19-41,59-44-30-24-38(25-31-44)47(53)35(3)4)51-63(50-61,57-42-20-14-9-15-21-42)60-45-32-26-39(27-33-45)48(54)36(5)6/h7-33H,1,3,5H2,2,4,6H3. The van der Waals surface area contributed by atoms with E-state index in [2.05, 4.69) is 19.7 Å². The van der Waals surface area contributed by atoms with Crippen LogP contribution < -0.4 is 27.1 Å². The van der Waals surface area contributed by atoms with Gasteiger partial charge in [0.2, 0.25) is 0 Å². The highest BCUT2D eigenvalue weighted by molar-refractivity contribution is 7.79. The molecular formula is C48H42N3O9P3. The van der Waals surface area contributed by atoms with Crippen molar-refractivity contribution < 1.29 is 41.5 Å².